The van der Waals surface area contributed by atoms with Crippen LogP contribution in [0, 0.1) is 0 Å². The van der Waals surface area contributed by atoms with Crippen LogP contribution in [0.4, 0.5) is 18.0 Å². The molecule has 9 heteroatoms. The summed E-state index contributed by atoms with van der Waals surface area (Å²) in [6, 6.07) is 9.28. The molecule has 0 heterocycles. The second kappa shape index (κ2) is 8.77. The smallest absolute Gasteiger partial charge is 0.368 e. The summed E-state index contributed by atoms with van der Waals surface area (Å²) in [4.78, 5) is 23.6. The first-order valence-electron chi connectivity index (χ1n) is 7.92. The molecular formula is C18H17ClF3N3O2. The third kappa shape index (κ3) is 6.18. The number of amides is 3. The SMILES string of the molecule is NC(=O)C(NC(=O)NCCc1ccc(C(F)(F)F)cc1)c1ccc(Cl)cc1. The maximum atomic E-state index is 12.5. The molecule has 0 bridgehead atoms. The van der Waals surface area contributed by atoms with Crippen molar-refractivity contribution in [1.29, 1.82) is 0 Å². The second-order valence-corrected chi connectivity index (χ2v) is 6.17. The van der Waals surface area contributed by atoms with Gasteiger partial charge in [0.1, 0.15) is 6.04 Å². The average Bonchev–Trinajstić information content (AvgIpc) is 2.60. The van der Waals surface area contributed by atoms with E-state index in [9.17, 15) is 22.8 Å². The third-order valence-corrected chi connectivity index (χ3v) is 4.00. The molecule has 5 nitrogen and oxygen atoms in total. The van der Waals surface area contributed by atoms with Gasteiger partial charge in [-0.3, -0.25) is 4.79 Å². The van der Waals surface area contributed by atoms with Crippen molar-refractivity contribution in [3.63, 3.8) is 0 Å². The molecule has 3 amide bonds. The van der Waals surface area contributed by atoms with Crippen LogP contribution in [0.5, 0.6) is 0 Å². The number of alkyl halides is 3. The predicted molar refractivity (Wildman–Crippen MR) is 95.1 cm³/mol. The highest BCUT2D eigenvalue weighted by Gasteiger charge is 2.29. The number of nitrogens with one attached hydrogen (secondary N) is 2. The van der Waals surface area contributed by atoms with E-state index in [4.69, 9.17) is 17.3 Å². The Balaban J connectivity index is 1.87. The lowest BCUT2D eigenvalue weighted by Gasteiger charge is -2.16. The minimum Gasteiger partial charge on any atom is -0.368 e. The summed E-state index contributed by atoms with van der Waals surface area (Å²) in [5.74, 6) is -0.741. The molecule has 0 aliphatic heterocycles. The molecule has 2 aromatic rings. The zero-order chi connectivity index (χ0) is 20.0. The second-order valence-electron chi connectivity index (χ2n) is 5.73. The van der Waals surface area contributed by atoms with Crippen LogP contribution in [0.2, 0.25) is 5.02 Å². The normalized spacial score (nSPS) is 12.3. The lowest BCUT2D eigenvalue weighted by molar-refractivity contribution is -0.137. The quantitative estimate of drug-likeness (QED) is 0.695. The minimum absolute atomic E-state index is 0.170. The number of rotatable bonds is 6. The average molecular weight is 400 g/mol. The van der Waals surface area contributed by atoms with E-state index in [-0.39, 0.29) is 6.54 Å². The van der Waals surface area contributed by atoms with Crippen LogP contribution >= 0.6 is 11.6 Å². The van der Waals surface area contributed by atoms with E-state index in [0.717, 1.165) is 12.1 Å². The summed E-state index contributed by atoms with van der Waals surface area (Å²) in [5, 5.41) is 5.46. The highest BCUT2D eigenvalue weighted by atomic mass is 35.5. The highest BCUT2D eigenvalue weighted by molar-refractivity contribution is 6.30. The zero-order valence-corrected chi connectivity index (χ0v) is 14.8. The maximum absolute atomic E-state index is 12.5. The van der Waals surface area contributed by atoms with E-state index in [1.165, 1.54) is 12.1 Å². The Bertz CT molecular complexity index is 793. The highest BCUT2D eigenvalue weighted by Crippen LogP contribution is 2.29. The van der Waals surface area contributed by atoms with Crippen LogP contribution < -0.4 is 16.4 Å². The molecule has 0 saturated carbocycles. The first kappa shape index (κ1) is 20.6. The molecule has 0 aliphatic carbocycles. The Hall–Kier alpha value is -2.74. The number of nitrogens with two attached hydrogens (primary N) is 1. The van der Waals surface area contributed by atoms with E-state index >= 15 is 0 Å². The van der Waals surface area contributed by atoms with Crippen molar-refractivity contribution in [2.45, 2.75) is 18.6 Å². The van der Waals surface area contributed by atoms with Crippen molar-refractivity contribution >= 4 is 23.5 Å². The van der Waals surface area contributed by atoms with Gasteiger partial charge in [-0.05, 0) is 41.8 Å². The Kier molecular flexibility index (Phi) is 6.68. The molecule has 0 fully saturated rings. The number of halogens is 4. The standard InChI is InChI=1S/C18H17ClF3N3O2/c19-14-7-3-12(4-8-14)15(16(23)26)25-17(27)24-10-9-11-1-5-13(6-2-11)18(20,21)22/h1-8,15H,9-10H2,(H2,23,26)(H2,24,25,27). The van der Waals surface area contributed by atoms with E-state index < -0.39 is 29.7 Å². The maximum Gasteiger partial charge on any atom is 0.416 e. The number of hydrogen-bond acceptors (Lipinski definition) is 2. The van der Waals surface area contributed by atoms with Gasteiger partial charge >= 0.3 is 12.2 Å². The van der Waals surface area contributed by atoms with Crippen LogP contribution in [0.15, 0.2) is 48.5 Å². The van der Waals surface area contributed by atoms with Crippen LogP contribution in [0.25, 0.3) is 0 Å². The van der Waals surface area contributed by atoms with Crippen LogP contribution in [-0.4, -0.2) is 18.5 Å². The van der Waals surface area contributed by atoms with Gasteiger partial charge in [0.25, 0.3) is 0 Å². The summed E-state index contributed by atoms with van der Waals surface area (Å²) >= 11 is 5.78. The molecule has 2 aromatic carbocycles. The van der Waals surface area contributed by atoms with Gasteiger partial charge in [0.05, 0.1) is 5.56 Å². The number of hydrogen-bond donors (Lipinski definition) is 3. The number of carbonyl (C=O) groups is 2. The van der Waals surface area contributed by atoms with Gasteiger partial charge in [0, 0.05) is 11.6 Å². The Labute approximate surface area is 158 Å². The van der Waals surface area contributed by atoms with Gasteiger partial charge in [0.2, 0.25) is 5.91 Å². The lowest BCUT2D eigenvalue weighted by Crippen LogP contribution is -2.43. The van der Waals surface area contributed by atoms with Gasteiger partial charge in [-0.2, -0.15) is 13.2 Å². The largest absolute Gasteiger partial charge is 0.416 e. The molecule has 1 atom stereocenters. The number of benzene rings is 2. The molecule has 4 N–H and O–H groups in total. The topological polar surface area (TPSA) is 84.2 Å². The monoisotopic (exact) mass is 399 g/mol. The zero-order valence-electron chi connectivity index (χ0n) is 14.0. The summed E-state index contributed by atoms with van der Waals surface area (Å²) in [6.45, 7) is 0.170. The van der Waals surface area contributed by atoms with Gasteiger partial charge < -0.3 is 16.4 Å². The van der Waals surface area contributed by atoms with Gasteiger partial charge in [-0.25, -0.2) is 4.79 Å². The first-order chi connectivity index (χ1) is 12.7. The van der Waals surface area contributed by atoms with Crippen molar-refractivity contribution in [3.05, 3.63) is 70.2 Å². The number of carbonyl (C=O) groups excluding carboxylic acids is 2. The lowest BCUT2D eigenvalue weighted by atomic mass is 10.1. The fourth-order valence-electron chi connectivity index (χ4n) is 2.34. The van der Waals surface area contributed by atoms with Crippen molar-refractivity contribution in [2.75, 3.05) is 6.54 Å². The first-order valence-corrected chi connectivity index (χ1v) is 8.30. The minimum atomic E-state index is -4.39. The molecule has 0 aromatic heterocycles. The fourth-order valence-corrected chi connectivity index (χ4v) is 2.46. The Morgan fingerprint density at radius 2 is 1.63 bits per heavy atom. The molecule has 144 valence electrons. The third-order valence-electron chi connectivity index (χ3n) is 3.74. The molecule has 0 spiro atoms. The van der Waals surface area contributed by atoms with Gasteiger partial charge in [-0.1, -0.05) is 35.9 Å². The van der Waals surface area contributed by atoms with E-state index in [1.807, 2.05) is 0 Å². The molecular weight excluding hydrogens is 383 g/mol. The molecule has 1 unspecified atom stereocenters. The summed E-state index contributed by atoms with van der Waals surface area (Å²) in [6.07, 6.45) is -4.06. The van der Waals surface area contributed by atoms with Crippen LogP contribution in [0.1, 0.15) is 22.7 Å². The van der Waals surface area contributed by atoms with E-state index in [0.29, 0.717) is 22.6 Å². The summed E-state index contributed by atoms with van der Waals surface area (Å²) in [5.41, 5.74) is 5.69. The van der Waals surface area contributed by atoms with Crippen molar-refractivity contribution < 1.29 is 22.8 Å². The van der Waals surface area contributed by atoms with Crippen molar-refractivity contribution in [3.8, 4) is 0 Å². The van der Waals surface area contributed by atoms with Crippen molar-refractivity contribution in [1.82, 2.24) is 10.6 Å². The van der Waals surface area contributed by atoms with Gasteiger partial charge in [0.15, 0.2) is 0 Å². The molecule has 0 saturated heterocycles. The summed E-state index contributed by atoms with van der Waals surface area (Å²) in [7, 11) is 0. The Morgan fingerprint density at radius 3 is 2.15 bits per heavy atom. The van der Waals surface area contributed by atoms with Crippen LogP contribution in [0.3, 0.4) is 0 Å². The number of primary amides is 1. The molecule has 0 radical (unpaired) electrons. The number of urea groups is 1. The van der Waals surface area contributed by atoms with E-state index in [1.54, 1.807) is 24.3 Å². The Morgan fingerprint density at radius 1 is 1.04 bits per heavy atom. The van der Waals surface area contributed by atoms with Crippen molar-refractivity contribution in [2.24, 2.45) is 5.73 Å². The molecule has 0 aliphatic rings. The fraction of sp³-hybridized carbons (Fsp3) is 0.222. The molecule has 27 heavy (non-hydrogen) atoms. The predicted octanol–water partition coefficient (Wildman–Crippen LogP) is 3.43. The van der Waals surface area contributed by atoms with Crippen LogP contribution in [-0.2, 0) is 17.4 Å². The molecule has 2 rings (SSSR count). The van der Waals surface area contributed by atoms with Gasteiger partial charge in [-0.15, -0.1) is 0 Å². The van der Waals surface area contributed by atoms with E-state index in [2.05, 4.69) is 10.6 Å². The summed E-state index contributed by atoms with van der Waals surface area (Å²) < 4.78 is 37.5.